The Balaban J connectivity index is 1.55. The normalized spacial score (nSPS) is 15.3. The molecule has 8 heteroatoms. The molecule has 5 nitrogen and oxygen atoms in total. The molecule has 2 N–H and O–H groups in total. The van der Waals surface area contributed by atoms with Crippen LogP contribution in [0.15, 0.2) is 57.9 Å². The van der Waals surface area contributed by atoms with Crippen molar-refractivity contribution in [2.75, 3.05) is 11.9 Å². The summed E-state index contributed by atoms with van der Waals surface area (Å²) in [6, 6.07) is 14.2. The quantitative estimate of drug-likeness (QED) is 0.356. The van der Waals surface area contributed by atoms with E-state index in [-0.39, 0.29) is 24.0 Å². The number of carbonyl (C=O) groups is 2. The highest BCUT2D eigenvalue weighted by atomic mass is 79.9. The number of benzene rings is 2. The molecule has 0 bridgehead atoms. The number of halogens is 1. The van der Waals surface area contributed by atoms with Crippen LogP contribution in [0, 0.1) is 0 Å². The van der Waals surface area contributed by atoms with Gasteiger partial charge in [0.15, 0.2) is 0 Å². The van der Waals surface area contributed by atoms with E-state index >= 15 is 0 Å². The van der Waals surface area contributed by atoms with Crippen LogP contribution in [0.1, 0.15) is 18.4 Å². The Morgan fingerprint density at radius 1 is 1.25 bits per heavy atom. The van der Waals surface area contributed by atoms with E-state index in [9.17, 15) is 14.7 Å². The smallest absolute Gasteiger partial charge is 0.266 e. The number of rotatable bonds is 6. The third kappa shape index (κ3) is 5.21. The van der Waals surface area contributed by atoms with Crippen molar-refractivity contribution in [2.24, 2.45) is 0 Å². The van der Waals surface area contributed by atoms with E-state index in [0.717, 1.165) is 10.0 Å². The number of aromatic hydroxyl groups is 1. The number of para-hydroxylation sites is 2. The lowest BCUT2D eigenvalue weighted by atomic mass is 10.2. The molecule has 0 saturated carbocycles. The number of amides is 2. The van der Waals surface area contributed by atoms with Gasteiger partial charge in [-0.05, 0) is 42.3 Å². The maximum Gasteiger partial charge on any atom is 0.266 e. The fourth-order valence-corrected chi connectivity index (χ4v) is 4.36. The summed E-state index contributed by atoms with van der Waals surface area (Å²) in [6.07, 6.45) is 2.50. The number of phenols is 1. The second kappa shape index (κ2) is 9.36. The molecule has 0 atom stereocenters. The molecule has 3 rings (SSSR count). The van der Waals surface area contributed by atoms with Crippen LogP contribution in [0.3, 0.4) is 0 Å². The zero-order valence-electron chi connectivity index (χ0n) is 14.7. The molecule has 2 amide bonds. The second-order valence-corrected chi connectivity index (χ2v) is 8.65. The molecule has 2 aromatic rings. The van der Waals surface area contributed by atoms with Crippen molar-refractivity contribution in [1.82, 2.24) is 4.90 Å². The topological polar surface area (TPSA) is 69.6 Å². The van der Waals surface area contributed by atoms with Gasteiger partial charge >= 0.3 is 0 Å². The first kappa shape index (κ1) is 20.6. The average molecular weight is 477 g/mol. The molecular formula is C20H17BrN2O3S2. The van der Waals surface area contributed by atoms with Gasteiger partial charge in [0.05, 0.1) is 10.6 Å². The van der Waals surface area contributed by atoms with Gasteiger partial charge in [0.25, 0.3) is 5.91 Å². The van der Waals surface area contributed by atoms with Crippen LogP contribution in [0.2, 0.25) is 0 Å². The molecule has 1 aliphatic heterocycles. The molecule has 1 aliphatic rings. The highest BCUT2D eigenvalue weighted by Crippen LogP contribution is 2.33. The minimum Gasteiger partial charge on any atom is -0.506 e. The van der Waals surface area contributed by atoms with Crippen molar-refractivity contribution in [3.8, 4) is 5.75 Å². The number of nitrogens with one attached hydrogen (secondary N) is 1. The number of nitrogens with zero attached hydrogens (tertiary/aromatic N) is 1. The van der Waals surface area contributed by atoms with Gasteiger partial charge in [0, 0.05) is 17.4 Å². The maximum atomic E-state index is 12.6. The van der Waals surface area contributed by atoms with E-state index in [4.69, 9.17) is 12.2 Å². The highest BCUT2D eigenvalue weighted by molar-refractivity contribution is 9.10. The Kier molecular flexibility index (Phi) is 6.88. The summed E-state index contributed by atoms with van der Waals surface area (Å²) in [6.45, 7) is 0.370. The summed E-state index contributed by atoms with van der Waals surface area (Å²) >= 11 is 10.0. The largest absolute Gasteiger partial charge is 0.506 e. The maximum absolute atomic E-state index is 12.6. The van der Waals surface area contributed by atoms with E-state index in [1.807, 2.05) is 30.3 Å². The minimum absolute atomic E-state index is 0.0190. The van der Waals surface area contributed by atoms with E-state index in [0.29, 0.717) is 27.9 Å². The Bertz CT molecular complexity index is 962. The highest BCUT2D eigenvalue weighted by Gasteiger charge is 2.31. The van der Waals surface area contributed by atoms with Gasteiger partial charge in [0.1, 0.15) is 10.1 Å². The molecule has 0 aliphatic carbocycles. The predicted octanol–water partition coefficient (Wildman–Crippen LogP) is 4.77. The minimum atomic E-state index is -0.225. The SMILES string of the molecule is O=C(CCCN1C(=O)/C(=C/c2cccc(Br)c2)SC1=S)Nc1ccccc1O. The van der Waals surface area contributed by atoms with Crippen LogP contribution in [-0.2, 0) is 9.59 Å². The summed E-state index contributed by atoms with van der Waals surface area (Å²) in [7, 11) is 0. The van der Waals surface area contributed by atoms with Crippen molar-refractivity contribution >= 4 is 67.8 Å². The van der Waals surface area contributed by atoms with Crippen molar-refractivity contribution in [1.29, 1.82) is 0 Å². The lowest BCUT2D eigenvalue weighted by molar-refractivity contribution is -0.122. The van der Waals surface area contributed by atoms with E-state index < -0.39 is 0 Å². The van der Waals surface area contributed by atoms with Gasteiger partial charge in [-0.3, -0.25) is 14.5 Å². The molecule has 144 valence electrons. The molecule has 1 fully saturated rings. The molecule has 0 spiro atoms. The van der Waals surface area contributed by atoms with Crippen molar-refractivity contribution in [2.45, 2.75) is 12.8 Å². The molecule has 1 heterocycles. The van der Waals surface area contributed by atoms with Crippen molar-refractivity contribution in [3.63, 3.8) is 0 Å². The van der Waals surface area contributed by atoms with Gasteiger partial charge in [-0.1, -0.05) is 64.2 Å². The van der Waals surface area contributed by atoms with Crippen LogP contribution in [-0.4, -0.2) is 32.7 Å². The van der Waals surface area contributed by atoms with Crippen LogP contribution >= 0.6 is 39.9 Å². The number of phenolic OH excluding ortho intramolecular Hbond substituents is 1. The molecule has 2 aromatic carbocycles. The van der Waals surface area contributed by atoms with Crippen molar-refractivity contribution < 1.29 is 14.7 Å². The average Bonchev–Trinajstić information content (AvgIpc) is 2.91. The van der Waals surface area contributed by atoms with Crippen LogP contribution in [0.4, 0.5) is 5.69 Å². The zero-order valence-corrected chi connectivity index (χ0v) is 17.9. The summed E-state index contributed by atoms with van der Waals surface area (Å²) in [4.78, 5) is 26.8. The lowest BCUT2D eigenvalue weighted by Gasteiger charge is -2.14. The number of carbonyl (C=O) groups excluding carboxylic acids is 2. The van der Waals surface area contributed by atoms with E-state index in [2.05, 4.69) is 21.2 Å². The summed E-state index contributed by atoms with van der Waals surface area (Å²) in [5.41, 5.74) is 1.28. The Hall–Kier alpha value is -2.16. The van der Waals surface area contributed by atoms with E-state index in [1.54, 1.807) is 18.2 Å². The van der Waals surface area contributed by atoms with Gasteiger partial charge in [-0.15, -0.1) is 0 Å². The Morgan fingerprint density at radius 3 is 2.79 bits per heavy atom. The van der Waals surface area contributed by atoms with Gasteiger partial charge in [0.2, 0.25) is 5.91 Å². The molecule has 28 heavy (non-hydrogen) atoms. The molecule has 0 radical (unpaired) electrons. The summed E-state index contributed by atoms with van der Waals surface area (Å²) in [5.74, 6) is -0.349. The van der Waals surface area contributed by atoms with Gasteiger partial charge in [-0.2, -0.15) is 0 Å². The molecule has 0 aromatic heterocycles. The Labute approximate surface area is 180 Å². The molecular weight excluding hydrogens is 460 g/mol. The first-order valence-electron chi connectivity index (χ1n) is 8.53. The number of hydrogen-bond donors (Lipinski definition) is 2. The third-order valence-corrected chi connectivity index (χ3v) is 5.85. The second-order valence-electron chi connectivity index (χ2n) is 6.06. The number of thioether (sulfide) groups is 1. The number of thiocarbonyl (C=S) groups is 1. The van der Waals surface area contributed by atoms with Crippen molar-refractivity contribution in [3.05, 3.63) is 63.5 Å². The zero-order chi connectivity index (χ0) is 20.1. The van der Waals surface area contributed by atoms with Crippen LogP contribution in [0.25, 0.3) is 6.08 Å². The molecule has 1 saturated heterocycles. The standard InChI is InChI=1S/C20H17BrN2O3S2/c21-14-6-3-5-13(11-14)12-17-19(26)23(20(27)28-17)10-4-9-18(25)22-15-7-1-2-8-16(15)24/h1-3,5-8,11-12,24H,4,9-10H2,(H,22,25)/b17-12-. The first-order valence-corrected chi connectivity index (χ1v) is 10.5. The van der Waals surface area contributed by atoms with Crippen LogP contribution in [0.5, 0.6) is 5.75 Å². The fourth-order valence-electron chi connectivity index (χ4n) is 2.63. The summed E-state index contributed by atoms with van der Waals surface area (Å²) in [5, 5.41) is 12.4. The number of hydrogen-bond acceptors (Lipinski definition) is 5. The summed E-state index contributed by atoms with van der Waals surface area (Å²) < 4.78 is 1.43. The fraction of sp³-hybridized carbons (Fsp3) is 0.150. The Morgan fingerprint density at radius 2 is 2.04 bits per heavy atom. The van der Waals surface area contributed by atoms with Gasteiger partial charge < -0.3 is 10.4 Å². The lowest BCUT2D eigenvalue weighted by Crippen LogP contribution is -2.29. The predicted molar refractivity (Wildman–Crippen MR) is 120 cm³/mol. The first-order chi connectivity index (χ1) is 13.4. The van der Waals surface area contributed by atoms with Gasteiger partial charge in [-0.25, -0.2) is 0 Å². The number of anilines is 1. The monoisotopic (exact) mass is 476 g/mol. The molecule has 0 unspecified atom stereocenters. The van der Waals surface area contributed by atoms with Crippen LogP contribution < -0.4 is 5.32 Å². The van der Waals surface area contributed by atoms with E-state index in [1.165, 1.54) is 22.7 Å². The third-order valence-electron chi connectivity index (χ3n) is 3.98.